The molecular formula is C22H21F2N3O2. The number of aromatic nitrogens is 2. The lowest BCUT2D eigenvalue weighted by molar-refractivity contribution is 0.146. The maximum Gasteiger partial charge on any atom is 0.280 e. The Morgan fingerprint density at radius 2 is 1.69 bits per heavy atom. The molecule has 3 aromatic rings. The van der Waals surface area contributed by atoms with E-state index in [4.69, 9.17) is 9.47 Å². The molecule has 0 radical (unpaired) electrons. The van der Waals surface area contributed by atoms with E-state index in [0.29, 0.717) is 41.8 Å². The van der Waals surface area contributed by atoms with E-state index in [9.17, 15) is 8.78 Å². The summed E-state index contributed by atoms with van der Waals surface area (Å²) < 4.78 is 37.7. The number of fused-ring (bicyclic) bond motifs is 1. The predicted molar refractivity (Wildman–Crippen MR) is 107 cm³/mol. The maximum absolute atomic E-state index is 13.6. The van der Waals surface area contributed by atoms with Gasteiger partial charge in [0.25, 0.3) is 6.43 Å². The Morgan fingerprint density at radius 3 is 2.41 bits per heavy atom. The highest BCUT2D eigenvalue weighted by molar-refractivity contribution is 5.65. The molecule has 7 heteroatoms. The molecule has 0 fully saturated rings. The van der Waals surface area contributed by atoms with Crippen molar-refractivity contribution in [1.29, 1.82) is 0 Å². The second-order valence-electron chi connectivity index (χ2n) is 6.79. The Hall–Kier alpha value is -3.22. The van der Waals surface area contributed by atoms with Gasteiger partial charge >= 0.3 is 0 Å². The number of hydrogen-bond acceptors (Lipinski definition) is 5. The molecule has 29 heavy (non-hydrogen) atoms. The van der Waals surface area contributed by atoms with Crippen LogP contribution in [0.3, 0.4) is 0 Å². The third kappa shape index (κ3) is 3.85. The smallest absolute Gasteiger partial charge is 0.280 e. The van der Waals surface area contributed by atoms with Gasteiger partial charge in [0.1, 0.15) is 5.69 Å². The Bertz CT molecular complexity index is 1030. The molecule has 150 valence electrons. The molecular weight excluding hydrogens is 376 g/mol. The van der Waals surface area contributed by atoms with Gasteiger partial charge in [-0.1, -0.05) is 24.3 Å². The molecule has 0 N–H and O–H groups in total. The second-order valence-corrected chi connectivity index (χ2v) is 6.79. The van der Waals surface area contributed by atoms with Crippen LogP contribution in [0.15, 0.2) is 48.5 Å². The lowest BCUT2D eigenvalue weighted by atomic mass is 10.0. The van der Waals surface area contributed by atoms with Crippen molar-refractivity contribution >= 4 is 5.95 Å². The van der Waals surface area contributed by atoms with E-state index in [2.05, 4.69) is 16.0 Å². The van der Waals surface area contributed by atoms with Gasteiger partial charge in [-0.2, -0.15) is 0 Å². The summed E-state index contributed by atoms with van der Waals surface area (Å²) in [6, 6.07) is 14.7. The predicted octanol–water partition coefficient (Wildman–Crippen LogP) is 4.66. The molecule has 0 atom stereocenters. The van der Waals surface area contributed by atoms with Crippen molar-refractivity contribution in [3.63, 3.8) is 0 Å². The van der Waals surface area contributed by atoms with Crippen LogP contribution in [-0.4, -0.2) is 30.7 Å². The number of methoxy groups -OCH3 is 2. The number of anilines is 1. The lowest BCUT2D eigenvalue weighted by Gasteiger charge is -2.29. The lowest BCUT2D eigenvalue weighted by Crippen LogP contribution is -2.32. The van der Waals surface area contributed by atoms with E-state index in [-0.39, 0.29) is 5.69 Å². The summed E-state index contributed by atoms with van der Waals surface area (Å²) in [7, 11) is 3.08. The van der Waals surface area contributed by atoms with Crippen molar-refractivity contribution in [1.82, 2.24) is 9.97 Å². The van der Waals surface area contributed by atoms with Crippen molar-refractivity contribution in [2.45, 2.75) is 19.4 Å². The number of halogens is 2. The molecule has 5 nitrogen and oxygen atoms in total. The van der Waals surface area contributed by atoms with Crippen LogP contribution in [0.2, 0.25) is 0 Å². The minimum absolute atomic E-state index is 0.293. The van der Waals surface area contributed by atoms with Gasteiger partial charge in [0.2, 0.25) is 5.95 Å². The average Bonchev–Trinajstić information content (AvgIpc) is 2.77. The highest BCUT2D eigenvalue weighted by Crippen LogP contribution is 2.34. The van der Waals surface area contributed by atoms with Crippen molar-refractivity contribution in [3.8, 4) is 22.8 Å². The summed E-state index contributed by atoms with van der Waals surface area (Å²) in [5, 5.41) is 0. The fraction of sp³-hybridized carbons (Fsp3) is 0.273. The Kier molecular flexibility index (Phi) is 5.29. The van der Waals surface area contributed by atoms with Crippen LogP contribution in [0.1, 0.15) is 23.2 Å². The maximum atomic E-state index is 13.6. The third-order valence-electron chi connectivity index (χ3n) is 5.05. The fourth-order valence-corrected chi connectivity index (χ4v) is 3.52. The first-order valence-corrected chi connectivity index (χ1v) is 9.30. The molecule has 0 amide bonds. The van der Waals surface area contributed by atoms with Gasteiger partial charge in [-0.15, -0.1) is 0 Å². The van der Waals surface area contributed by atoms with Crippen LogP contribution >= 0.6 is 0 Å². The molecule has 0 bridgehead atoms. The molecule has 0 aliphatic carbocycles. The van der Waals surface area contributed by atoms with E-state index >= 15 is 0 Å². The Balaban J connectivity index is 1.74. The summed E-state index contributed by atoms with van der Waals surface area (Å²) in [6.45, 7) is 1.27. The summed E-state index contributed by atoms with van der Waals surface area (Å²) in [4.78, 5) is 10.7. The minimum Gasteiger partial charge on any atom is -0.493 e. The molecule has 1 aliphatic heterocycles. The zero-order valence-corrected chi connectivity index (χ0v) is 16.2. The number of benzene rings is 2. The summed E-state index contributed by atoms with van der Waals surface area (Å²) in [5.41, 5.74) is 3.22. The van der Waals surface area contributed by atoms with Gasteiger partial charge in [0.05, 0.1) is 19.9 Å². The van der Waals surface area contributed by atoms with Gasteiger partial charge in [-0.05, 0) is 41.8 Å². The van der Waals surface area contributed by atoms with Crippen LogP contribution in [0, 0.1) is 0 Å². The average molecular weight is 397 g/mol. The summed E-state index contributed by atoms with van der Waals surface area (Å²) in [5.74, 6) is 1.38. The van der Waals surface area contributed by atoms with Crippen molar-refractivity contribution < 1.29 is 18.3 Å². The minimum atomic E-state index is -2.69. The molecule has 2 aromatic carbocycles. The first-order valence-electron chi connectivity index (χ1n) is 9.30. The standard InChI is InChI=1S/C22H21F2N3O2/c1-28-19-8-7-15(11-20(19)29-2)17-12-18(21(23)24)26-22(25-17)27-10-9-14-5-3-4-6-16(14)13-27/h3-8,11-12,21H,9-10,13H2,1-2H3. The van der Waals surface area contributed by atoms with E-state index < -0.39 is 6.43 Å². The second kappa shape index (κ2) is 8.03. The molecule has 0 saturated heterocycles. The van der Waals surface area contributed by atoms with Crippen molar-refractivity contribution in [2.75, 3.05) is 25.7 Å². The van der Waals surface area contributed by atoms with Gasteiger partial charge in [-0.3, -0.25) is 0 Å². The van der Waals surface area contributed by atoms with Crippen molar-refractivity contribution in [2.24, 2.45) is 0 Å². The SMILES string of the molecule is COc1ccc(-c2cc(C(F)F)nc(N3CCc4ccccc4C3)n2)cc1OC. The topological polar surface area (TPSA) is 47.5 Å². The first kappa shape index (κ1) is 19.1. The molecule has 4 rings (SSSR count). The number of ether oxygens (including phenoxy) is 2. The highest BCUT2D eigenvalue weighted by Gasteiger charge is 2.22. The van der Waals surface area contributed by atoms with Crippen LogP contribution in [0.4, 0.5) is 14.7 Å². The van der Waals surface area contributed by atoms with Gasteiger partial charge in [0, 0.05) is 18.7 Å². The molecule has 0 spiro atoms. The molecule has 0 unspecified atom stereocenters. The highest BCUT2D eigenvalue weighted by atomic mass is 19.3. The molecule has 0 saturated carbocycles. The van der Waals surface area contributed by atoms with Gasteiger partial charge in [0.15, 0.2) is 11.5 Å². The quantitative estimate of drug-likeness (QED) is 0.627. The zero-order valence-electron chi connectivity index (χ0n) is 16.2. The molecule has 2 heterocycles. The third-order valence-corrected chi connectivity index (χ3v) is 5.05. The largest absolute Gasteiger partial charge is 0.493 e. The van der Waals surface area contributed by atoms with E-state index in [1.165, 1.54) is 18.7 Å². The number of nitrogens with zero attached hydrogens (tertiary/aromatic N) is 3. The van der Waals surface area contributed by atoms with Crippen LogP contribution in [0.5, 0.6) is 11.5 Å². The van der Waals surface area contributed by atoms with Gasteiger partial charge < -0.3 is 14.4 Å². The van der Waals surface area contributed by atoms with E-state index in [1.54, 1.807) is 25.3 Å². The first-order chi connectivity index (χ1) is 14.1. The molecule has 1 aromatic heterocycles. The fourth-order valence-electron chi connectivity index (χ4n) is 3.52. The monoisotopic (exact) mass is 397 g/mol. The number of hydrogen-bond donors (Lipinski definition) is 0. The Labute approximate surface area is 167 Å². The summed E-state index contributed by atoms with van der Waals surface area (Å²) in [6.07, 6.45) is -1.86. The zero-order chi connectivity index (χ0) is 20.4. The van der Waals surface area contributed by atoms with Crippen LogP contribution in [-0.2, 0) is 13.0 Å². The van der Waals surface area contributed by atoms with Crippen molar-refractivity contribution in [3.05, 3.63) is 65.4 Å². The van der Waals surface area contributed by atoms with E-state index in [1.807, 2.05) is 23.1 Å². The van der Waals surface area contributed by atoms with Crippen LogP contribution < -0.4 is 14.4 Å². The number of rotatable bonds is 5. The summed E-state index contributed by atoms with van der Waals surface area (Å²) >= 11 is 0. The Morgan fingerprint density at radius 1 is 0.931 bits per heavy atom. The van der Waals surface area contributed by atoms with E-state index in [0.717, 1.165) is 12.0 Å². The number of alkyl halides is 2. The molecule has 1 aliphatic rings. The van der Waals surface area contributed by atoms with Crippen LogP contribution in [0.25, 0.3) is 11.3 Å². The normalized spacial score (nSPS) is 13.3. The van der Waals surface area contributed by atoms with Gasteiger partial charge in [-0.25, -0.2) is 18.7 Å².